The highest BCUT2D eigenvalue weighted by Gasteiger charge is 2.40. The van der Waals surface area contributed by atoms with E-state index in [1.807, 2.05) is 18.2 Å². The van der Waals surface area contributed by atoms with Gasteiger partial charge in [-0.2, -0.15) is 0 Å². The van der Waals surface area contributed by atoms with Crippen LogP contribution in [-0.2, 0) is 4.79 Å². The molecule has 25 heavy (non-hydrogen) atoms. The molecule has 0 unspecified atom stereocenters. The van der Waals surface area contributed by atoms with Crippen LogP contribution in [0.1, 0.15) is 25.7 Å². The van der Waals surface area contributed by atoms with E-state index in [1.165, 1.54) is 25.7 Å². The fraction of sp³-hybridized carbons (Fsp3) is 0.650. The molecule has 1 aliphatic heterocycles. The Bertz CT molecular complexity index is 613. The average molecular weight is 343 g/mol. The van der Waals surface area contributed by atoms with Crippen LogP contribution in [0.3, 0.4) is 0 Å². The topological polar surface area (TPSA) is 44.8 Å². The van der Waals surface area contributed by atoms with E-state index in [0.717, 1.165) is 49.5 Å². The van der Waals surface area contributed by atoms with Gasteiger partial charge in [-0.05, 0) is 43.2 Å². The number of nitrogens with one attached hydrogen (secondary N) is 1. The highest BCUT2D eigenvalue weighted by Crippen LogP contribution is 2.44. The van der Waals surface area contributed by atoms with Crippen LogP contribution in [0.25, 0.3) is 0 Å². The monoisotopic (exact) mass is 343 g/mol. The lowest BCUT2D eigenvalue weighted by Crippen LogP contribution is -2.51. The zero-order valence-corrected chi connectivity index (χ0v) is 15.1. The second-order valence-electron chi connectivity index (χ2n) is 7.78. The minimum absolute atomic E-state index is 0.211. The van der Waals surface area contributed by atoms with Gasteiger partial charge in [0.15, 0.2) is 0 Å². The molecular formula is C20H29N3O2. The first-order valence-corrected chi connectivity index (χ1v) is 9.62. The molecule has 0 radical (unpaired) electrons. The quantitative estimate of drug-likeness (QED) is 0.889. The second-order valence-corrected chi connectivity index (χ2v) is 7.78. The van der Waals surface area contributed by atoms with Gasteiger partial charge >= 0.3 is 0 Å². The molecule has 1 aromatic rings. The molecule has 2 aliphatic carbocycles. The van der Waals surface area contributed by atoms with E-state index in [1.54, 1.807) is 7.11 Å². The van der Waals surface area contributed by atoms with E-state index >= 15 is 0 Å². The van der Waals surface area contributed by atoms with Crippen LogP contribution in [0, 0.1) is 11.8 Å². The highest BCUT2D eigenvalue weighted by molar-refractivity contribution is 5.78. The number of benzene rings is 1. The number of hydrogen-bond donors (Lipinski definition) is 1. The molecule has 0 aromatic heterocycles. The zero-order valence-electron chi connectivity index (χ0n) is 15.1. The van der Waals surface area contributed by atoms with Crippen LogP contribution in [0.4, 0.5) is 5.69 Å². The predicted octanol–water partition coefficient (Wildman–Crippen LogP) is 2.12. The first kappa shape index (κ1) is 16.7. The molecule has 1 amide bonds. The lowest BCUT2D eigenvalue weighted by Gasteiger charge is -2.36. The van der Waals surface area contributed by atoms with Gasteiger partial charge < -0.3 is 15.0 Å². The summed E-state index contributed by atoms with van der Waals surface area (Å²) in [7, 11) is 1.72. The van der Waals surface area contributed by atoms with Gasteiger partial charge in [0, 0.05) is 32.2 Å². The molecule has 5 heteroatoms. The number of hydrogen-bond acceptors (Lipinski definition) is 4. The minimum atomic E-state index is 0.211. The van der Waals surface area contributed by atoms with Crippen molar-refractivity contribution in [3.8, 4) is 5.75 Å². The Labute approximate surface area is 150 Å². The van der Waals surface area contributed by atoms with Gasteiger partial charge in [-0.3, -0.25) is 9.69 Å². The lowest BCUT2D eigenvalue weighted by molar-refractivity contribution is -0.123. The zero-order chi connectivity index (χ0) is 17.2. The van der Waals surface area contributed by atoms with Gasteiger partial charge in [-0.25, -0.2) is 0 Å². The molecular weight excluding hydrogens is 314 g/mol. The van der Waals surface area contributed by atoms with Crippen molar-refractivity contribution in [3.05, 3.63) is 24.3 Å². The average Bonchev–Trinajstić information content (AvgIpc) is 3.25. The van der Waals surface area contributed by atoms with Gasteiger partial charge in [0.2, 0.25) is 5.91 Å². The molecule has 3 atom stereocenters. The molecule has 3 fully saturated rings. The number of amides is 1. The van der Waals surface area contributed by atoms with Crippen molar-refractivity contribution < 1.29 is 9.53 Å². The molecule has 1 saturated heterocycles. The number of para-hydroxylation sites is 2. The molecule has 1 heterocycles. The lowest BCUT2D eigenvalue weighted by atomic mass is 9.95. The van der Waals surface area contributed by atoms with Crippen molar-refractivity contribution in [1.29, 1.82) is 0 Å². The summed E-state index contributed by atoms with van der Waals surface area (Å²) in [4.78, 5) is 17.0. The summed E-state index contributed by atoms with van der Waals surface area (Å²) in [6.07, 6.45) is 5.23. The molecule has 1 N–H and O–H groups in total. The Balaban J connectivity index is 1.25. The third-order valence-corrected chi connectivity index (χ3v) is 6.25. The maximum atomic E-state index is 12.4. The van der Waals surface area contributed by atoms with E-state index < -0.39 is 0 Å². The Morgan fingerprint density at radius 3 is 2.64 bits per heavy atom. The van der Waals surface area contributed by atoms with Crippen molar-refractivity contribution in [3.63, 3.8) is 0 Å². The van der Waals surface area contributed by atoms with Crippen LogP contribution in [0.15, 0.2) is 24.3 Å². The molecule has 0 spiro atoms. The summed E-state index contributed by atoms with van der Waals surface area (Å²) < 4.78 is 5.47. The summed E-state index contributed by atoms with van der Waals surface area (Å²) in [6.45, 7) is 4.24. The van der Waals surface area contributed by atoms with Crippen molar-refractivity contribution in [1.82, 2.24) is 10.2 Å². The summed E-state index contributed by atoms with van der Waals surface area (Å²) >= 11 is 0. The Morgan fingerprint density at radius 2 is 1.96 bits per heavy atom. The van der Waals surface area contributed by atoms with Crippen LogP contribution in [0.5, 0.6) is 5.75 Å². The number of ether oxygens (including phenoxy) is 1. The normalized spacial score (nSPS) is 29.0. The van der Waals surface area contributed by atoms with Crippen LogP contribution >= 0.6 is 0 Å². The van der Waals surface area contributed by atoms with E-state index in [0.29, 0.717) is 12.6 Å². The number of methoxy groups -OCH3 is 1. The summed E-state index contributed by atoms with van der Waals surface area (Å²) in [5.74, 6) is 2.75. The van der Waals surface area contributed by atoms with E-state index in [2.05, 4.69) is 21.2 Å². The third kappa shape index (κ3) is 3.61. The van der Waals surface area contributed by atoms with E-state index in [9.17, 15) is 4.79 Å². The fourth-order valence-corrected chi connectivity index (χ4v) is 4.91. The van der Waals surface area contributed by atoms with Crippen molar-refractivity contribution in [2.45, 2.75) is 31.7 Å². The maximum absolute atomic E-state index is 12.4. The Kier molecular flexibility index (Phi) is 4.84. The first-order valence-electron chi connectivity index (χ1n) is 9.62. The molecule has 136 valence electrons. The Hall–Kier alpha value is -1.75. The molecule has 1 aromatic carbocycles. The highest BCUT2D eigenvalue weighted by atomic mass is 16.5. The number of rotatable bonds is 5. The standard InChI is InChI=1S/C20H29N3O2/c1-25-19-5-3-2-4-18(19)23-10-8-22(9-11-23)14-20(24)21-17-13-15-6-7-16(17)12-15/h2-5,15-17H,6-14H2,1H3,(H,21,24)/t15-,16-,17+/m0/s1. The molecule has 2 bridgehead atoms. The van der Waals surface area contributed by atoms with Gasteiger partial charge in [-0.15, -0.1) is 0 Å². The van der Waals surface area contributed by atoms with Gasteiger partial charge in [0.1, 0.15) is 5.75 Å². The number of carbonyl (C=O) groups is 1. The van der Waals surface area contributed by atoms with Crippen LogP contribution in [0.2, 0.25) is 0 Å². The molecule has 2 saturated carbocycles. The van der Waals surface area contributed by atoms with Crippen molar-refractivity contribution in [2.75, 3.05) is 44.7 Å². The largest absolute Gasteiger partial charge is 0.495 e. The summed E-state index contributed by atoms with van der Waals surface area (Å²) in [5, 5.41) is 3.30. The predicted molar refractivity (Wildman–Crippen MR) is 99.0 cm³/mol. The van der Waals surface area contributed by atoms with Crippen molar-refractivity contribution in [2.24, 2.45) is 11.8 Å². The third-order valence-electron chi connectivity index (χ3n) is 6.25. The number of nitrogens with zero attached hydrogens (tertiary/aromatic N) is 2. The van der Waals surface area contributed by atoms with Gasteiger partial charge in [0.25, 0.3) is 0 Å². The number of piperazine rings is 1. The van der Waals surface area contributed by atoms with Gasteiger partial charge in [-0.1, -0.05) is 18.6 Å². The van der Waals surface area contributed by atoms with Gasteiger partial charge in [0.05, 0.1) is 19.3 Å². The molecule has 4 rings (SSSR count). The van der Waals surface area contributed by atoms with E-state index in [-0.39, 0.29) is 5.91 Å². The molecule has 3 aliphatic rings. The minimum Gasteiger partial charge on any atom is -0.495 e. The number of anilines is 1. The Morgan fingerprint density at radius 1 is 1.16 bits per heavy atom. The number of carbonyl (C=O) groups excluding carboxylic acids is 1. The fourth-order valence-electron chi connectivity index (χ4n) is 4.91. The second kappa shape index (κ2) is 7.24. The van der Waals surface area contributed by atoms with Crippen molar-refractivity contribution >= 4 is 11.6 Å². The number of fused-ring (bicyclic) bond motifs is 2. The van der Waals surface area contributed by atoms with Crippen LogP contribution < -0.4 is 15.0 Å². The SMILES string of the molecule is COc1ccccc1N1CCN(CC(=O)N[C@@H]2C[C@H]3CC[C@H]2C3)CC1. The summed E-state index contributed by atoms with van der Waals surface area (Å²) in [5.41, 5.74) is 1.15. The smallest absolute Gasteiger partial charge is 0.234 e. The maximum Gasteiger partial charge on any atom is 0.234 e. The van der Waals surface area contributed by atoms with E-state index in [4.69, 9.17) is 4.74 Å². The molecule has 5 nitrogen and oxygen atoms in total. The summed E-state index contributed by atoms with van der Waals surface area (Å²) in [6, 6.07) is 8.60. The first-order chi connectivity index (χ1) is 12.2. The van der Waals surface area contributed by atoms with Crippen LogP contribution in [-0.4, -0.2) is 56.7 Å².